The normalized spacial score (nSPS) is 10.6. The zero-order valence-electron chi connectivity index (χ0n) is 12.2. The smallest absolute Gasteiger partial charge is 0.161 e. The molecule has 0 aliphatic heterocycles. The van der Waals surface area contributed by atoms with Gasteiger partial charge in [-0.2, -0.15) is 0 Å². The molecule has 0 unspecified atom stereocenters. The third-order valence-corrected chi connectivity index (χ3v) is 3.46. The molecule has 0 saturated heterocycles. The van der Waals surface area contributed by atoms with Crippen LogP contribution in [0.1, 0.15) is 5.56 Å². The quantitative estimate of drug-likeness (QED) is 0.657. The summed E-state index contributed by atoms with van der Waals surface area (Å²) in [4.78, 5) is 0. The van der Waals surface area contributed by atoms with Crippen molar-refractivity contribution in [2.45, 2.75) is 6.54 Å². The van der Waals surface area contributed by atoms with Gasteiger partial charge < -0.3 is 24.3 Å². The first-order valence-electron chi connectivity index (χ1n) is 6.40. The Morgan fingerprint density at radius 2 is 1.70 bits per heavy atom. The van der Waals surface area contributed by atoms with E-state index in [1.807, 2.05) is 12.1 Å². The minimum Gasteiger partial charge on any atom is -0.493 e. The molecular weight excluding hydrogens is 326 g/mol. The number of ether oxygens (including phenoxy) is 4. The molecular formula is C14H22BrNO4. The van der Waals surface area contributed by atoms with Crippen LogP contribution >= 0.6 is 15.9 Å². The summed E-state index contributed by atoms with van der Waals surface area (Å²) >= 11 is 3.53. The van der Waals surface area contributed by atoms with Crippen molar-refractivity contribution in [2.24, 2.45) is 0 Å². The highest BCUT2D eigenvalue weighted by molar-refractivity contribution is 9.10. The largest absolute Gasteiger partial charge is 0.493 e. The van der Waals surface area contributed by atoms with Gasteiger partial charge in [-0.3, -0.25) is 0 Å². The van der Waals surface area contributed by atoms with E-state index in [-0.39, 0.29) is 0 Å². The van der Waals surface area contributed by atoms with Crippen molar-refractivity contribution in [1.29, 1.82) is 0 Å². The van der Waals surface area contributed by atoms with E-state index in [0.717, 1.165) is 28.9 Å². The van der Waals surface area contributed by atoms with E-state index < -0.39 is 0 Å². The Bertz CT molecular complexity index is 401. The molecule has 0 aromatic heterocycles. The number of nitrogens with one attached hydrogen (secondary N) is 1. The van der Waals surface area contributed by atoms with E-state index in [4.69, 9.17) is 18.9 Å². The van der Waals surface area contributed by atoms with Gasteiger partial charge in [0.05, 0.1) is 34.0 Å². The summed E-state index contributed by atoms with van der Waals surface area (Å²) in [5.41, 5.74) is 1.11. The maximum absolute atomic E-state index is 5.38. The Labute approximate surface area is 128 Å². The molecule has 0 saturated carbocycles. The number of halogens is 1. The maximum Gasteiger partial charge on any atom is 0.161 e. The van der Waals surface area contributed by atoms with Crippen LogP contribution in [0, 0.1) is 0 Å². The third kappa shape index (κ3) is 5.66. The van der Waals surface area contributed by atoms with Crippen molar-refractivity contribution in [3.63, 3.8) is 0 Å². The van der Waals surface area contributed by atoms with Gasteiger partial charge in [-0.15, -0.1) is 0 Å². The lowest BCUT2D eigenvalue weighted by atomic mass is 10.2. The molecule has 1 aromatic carbocycles. The van der Waals surface area contributed by atoms with Gasteiger partial charge >= 0.3 is 0 Å². The molecule has 0 heterocycles. The molecule has 0 radical (unpaired) electrons. The van der Waals surface area contributed by atoms with Gasteiger partial charge in [0.2, 0.25) is 0 Å². The molecule has 1 rings (SSSR count). The second-order valence-corrected chi connectivity index (χ2v) is 4.93. The highest BCUT2D eigenvalue weighted by atomic mass is 79.9. The lowest BCUT2D eigenvalue weighted by Crippen LogP contribution is -2.20. The van der Waals surface area contributed by atoms with Crippen LogP contribution in [-0.4, -0.2) is 47.7 Å². The van der Waals surface area contributed by atoms with Crippen molar-refractivity contribution < 1.29 is 18.9 Å². The molecule has 0 spiro atoms. The van der Waals surface area contributed by atoms with E-state index in [9.17, 15) is 0 Å². The number of rotatable bonds is 10. The lowest BCUT2D eigenvalue weighted by Gasteiger charge is -2.12. The molecule has 114 valence electrons. The number of hydrogen-bond acceptors (Lipinski definition) is 5. The van der Waals surface area contributed by atoms with Gasteiger partial charge in [0.1, 0.15) is 0 Å². The number of hydrogen-bond donors (Lipinski definition) is 1. The van der Waals surface area contributed by atoms with Gasteiger partial charge in [-0.25, -0.2) is 0 Å². The monoisotopic (exact) mass is 347 g/mol. The van der Waals surface area contributed by atoms with Gasteiger partial charge in [0, 0.05) is 24.7 Å². The average molecular weight is 348 g/mol. The van der Waals surface area contributed by atoms with E-state index in [2.05, 4.69) is 21.2 Å². The SMILES string of the molecule is COCCOCCNCc1cc(OC)c(OC)cc1Br. The van der Waals surface area contributed by atoms with Crippen LogP contribution in [0.25, 0.3) is 0 Å². The molecule has 6 heteroatoms. The number of methoxy groups -OCH3 is 3. The summed E-state index contributed by atoms with van der Waals surface area (Å²) in [6.07, 6.45) is 0. The van der Waals surface area contributed by atoms with Crippen molar-refractivity contribution in [3.8, 4) is 11.5 Å². The first kappa shape index (κ1) is 17.2. The second kappa shape index (κ2) is 9.99. The summed E-state index contributed by atoms with van der Waals surface area (Å²) < 4.78 is 21.8. The van der Waals surface area contributed by atoms with E-state index >= 15 is 0 Å². The van der Waals surface area contributed by atoms with Gasteiger partial charge in [0.15, 0.2) is 11.5 Å². The molecule has 0 aliphatic carbocycles. The van der Waals surface area contributed by atoms with Crippen molar-refractivity contribution in [1.82, 2.24) is 5.32 Å². The Kier molecular flexibility index (Phi) is 8.60. The lowest BCUT2D eigenvalue weighted by molar-refractivity contribution is 0.0719. The third-order valence-electron chi connectivity index (χ3n) is 2.72. The molecule has 1 aromatic rings. The first-order valence-corrected chi connectivity index (χ1v) is 7.20. The topological polar surface area (TPSA) is 49.0 Å². The summed E-state index contributed by atoms with van der Waals surface area (Å²) in [6, 6.07) is 3.87. The Balaban J connectivity index is 2.40. The van der Waals surface area contributed by atoms with Gasteiger partial charge in [0.25, 0.3) is 0 Å². The standard InChI is InChI=1S/C14H22BrNO4/c1-17-6-7-20-5-4-16-10-11-8-13(18-2)14(19-3)9-12(11)15/h8-9,16H,4-7,10H2,1-3H3. The molecule has 0 bridgehead atoms. The highest BCUT2D eigenvalue weighted by Gasteiger charge is 2.09. The summed E-state index contributed by atoms with van der Waals surface area (Å²) in [5, 5.41) is 3.32. The highest BCUT2D eigenvalue weighted by Crippen LogP contribution is 2.33. The Morgan fingerprint density at radius 3 is 2.35 bits per heavy atom. The van der Waals surface area contributed by atoms with Crippen LogP contribution in [0.15, 0.2) is 16.6 Å². The van der Waals surface area contributed by atoms with Crippen molar-refractivity contribution in [2.75, 3.05) is 47.7 Å². The molecule has 1 N–H and O–H groups in total. The minimum absolute atomic E-state index is 0.623. The summed E-state index contributed by atoms with van der Waals surface area (Å²) in [5.74, 6) is 1.44. The van der Waals surface area contributed by atoms with Crippen molar-refractivity contribution >= 4 is 15.9 Å². The van der Waals surface area contributed by atoms with Crippen LogP contribution < -0.4 is 14.8 Å². The summed E-state index contributed by atoms with van der Waals surface area (Å²) in [6.45, 7) is 3.42. The Morgan fingerprint density at radius 1 is 1.00 bits per heavy atom. The van der Waals surface area contributed by atoms with Crippen LogP contribution in [0.2, 0.25) is 0 Å². The van der Waals surface area contributed by atoms with Gasteiger partial charge in [-0.1, -0.05) is 15.9 Å². The van der Waals surface area contributed by atoms with E-state index in [1.165, 1.54) is 0 Å². The first-order chi connectivity index (χ1) is 9.72. The van der Waals surface area contributed by atoms with Crippen LogP contribution in [0.3, 0.4) is 0 Å². The predicted octanol–water partition coefficient (Wildman–Crippen LogP) is 2.22. The predicted molar refractivity (Wildman–Crippen MR) is 81.6 cm³/mol. The van der Waals surface area contributed by atoms with Gasteiger partial charge in [-0.05, 0) is 17.7 Å². The van der Waals surface area contributed by atoms with Crippen molar-refractivity contribution in [3.05, 3.63) is 22.2 Å². The van der Waals surface area contributed by atoms with Crippen LogP contribution in [-0.2, 0) is 16.0 Å². The van der Waals surface area contributed by atoms with Crippen LogP contribution in [0.4, 0.5) is 0 Å². The fraction of sp³-hybridized carbons (Fsp3) is 0.571. The zero-order valence-corrected chi connectivity index (χ0v) is 13.8. The fourth-order valence-electron chi connectivity index (χ4n) is 1.64. The number of benzene rings is 1. The van der Waals surface area contributed by atoms with E-state index in [0.29, 0.717) is 25.6 Å². The second-order valence-electron chi connectivity index (χ2n) is 4.08. The zero-order chi connectivity index (χ0) is 14.8. The maximum atomic E-state index is 5.38. The minimum atomic E-state index is 0.623. The Hall–Kier alpha value is -0.820. The molecule has 20 heavy (non-hydrogen) atoms. The summed E-state index contributed by atoms with van der Waals surface area (Å²) in [7, 11) is 4.92. The molecule has 5 nitrogen and oxygen atoms in total. The van der Waals surface area contributed by atoms with Crippen LogP contribution in [0.5, 0.6) is 11.5 Å². The molecule has 0 amide bonds. The van der Waals surface area contributed by atoms with E-state index in [1.54, 1.807) is 21.3 Å². The molecule has 0 fully saturated rings. The molecule has 0 atom stereocenters. The average Bonchev–Trinajstić information content (AvgIpc) is 2.47. The fourth-order valence-corrected chi connectivity index (χ4v) is 2.11. The molecule has 0 aliphatic rings.